The molecule has 0 amide bonds. The lowest BCUT2D eigenvalue weighted by Crippen LogP contribution is -2.19. The fraction of sp³-hybridized carbons (Fsp3) is 0.312. The van der Waals surface area contributed by atoms with Crippen molar-refractivity contribution in [2.75, 3.05) is 21.3 Å². The van der Waals surface area contributed by atoms with Gasteiger partial charge >= 0.3 is 0 Å². The first-order chi connectivity index (χ1) is 9.71. The minimum absolute atomic E-state index is 0.0727. The van der Waals surface area contributed by atoms with Crippen LogP contribution in [0, 0.1) is 6.92 Å². The van der Waals surface area contributed by atoms with Crippen molar-refractivity contribution in [1.82, 2.24) is 10.3 Å². The SMILES string of the molecule is CNC(c1cccnc1)c1cc(OC)c(OC)cc1C. The van der Waals surface area contributed by atoms with Gasteiger partial charge in [-0.3, -0.25) is 4.98 Å². The molecule has 0 aliphatic heterocycles. The van der Waals surface area contributed by atoms with Crippen LogP contribution in [0.2, 0.25) is 0 Å². The van der Waals surface area contributed by atoms with Crippen LogP contribution < -0.4 is 14.8 Å². The van der Waals surface area contributed by atoms with Gasteiger partial charge in [-0.25, -0.2) is 0 Å². The number of nitrogens with zero attached hydrogens (tertiary/aromatic N) is 1. The summed E-state index contributed by atoms with van der Waals surface area (Å²) in [5, 5.41) is 3.33. The first kappa shape index (κ1) is 14.3. The first-order valence-corrected chi connectivity index (χ1v) is 6.51. The highest BCUT2D eigenvalue weighted by Gasteiger charge is 2.17. The molecule has 1 heterocycles. The van der Waals surface area contributed by atoms with Gasteiger partial charge in [0.15, 0.2) is 11.5 Å². The molecule has 2 aromatic rings. The van der Waals surface area contributed by atoms with Crippen LogP contribution in [0.1, 0.15) is 22.7 Å². The van der Waals surface area contributed by atoms with E-state index in [4.69, 9.17) is 9.47 Å². The largest absolute Gasteiger partial charge is 0.493 e. The fourth-order valence-electron chi connectivity index (χ4n) is 2.36. The first-order valence-electron chi connectivity index (χ1n) is 6.51. The van der Waals surface area contributed by atoms with E-state index in [0.717, 1.165) is 28.2 Å². The van der Waals surface area contributed by atoms with Crippen LogP contribution in [0.3, 0.4) is 0 Å². The van der Waals surface area contributed by atoms with Gasteiger partial charge in [-0.15, -0.1) is 0 Å². The van der Waals surface area contributed by atoms with Gasteiger partial charge < -0.3 is 14.8 Å². The van der Waals surface area contributed by atoms with Crippen LogP contribution in [0.5, 0.6) is 11.5 Å². The standard InChI is InChI=1S/C16H20N2O2/c1-11-8-14(19-3)15(20-4)9-13(11)16(17-2)12-6-5-7-18-10-12/h5-10,16-17H,1-4H3. The lowest BCUT2D eigenvalue weighted by atomic mass is 9.95. The molecule has 20 heavy (non-hydrogen) atoms. The van der Waals surface area contributed by atoms with E-state index in [2.05, 4.69) is 23.3 Å². The van der Waals surface area contributed by atoms with Crippen molar-refractivity contribution in [3.63, 3.8) is 0 Å². The molecule has 0 aliphatic carbocycles. The zero-order valence-electron chi connectivity index (χ0n) is 12.3. The van der Waals surface area contributed by atoms with Crippen LogP contribution in [0.25, 0.3) is 0 Å². The van der Waals surface area contributed by atoms with E-state index >= 15 is 0 Å². The summed E-state index contributed by atoms with van der Waals surface area (Å²) < 4.78 is 10.7. The maximum absolute atomic E-state index is 5.39. The van der Waals surface area contributed by atoms with Crippen LogP contribution in [0.15, 0.2) is 36.7 Å². The average molecular weight is 272 g/mol. The van der Waals surface area contributed by atoms with E-state index in [1.54, 1.807) is 20.4 Å². The molecule has 1 N–H and O–H groups in total. The number of benzene rings is 1. The third-order valence-electron chi connectivity index (χ3n) is 3.39. The molecule has 0 saturated carbocycles. The van der Waals surface area contributed by atoms with Crippen LogP contribution in [0.4, 0.5) is 0 Å². The Morgan fingerprint density at radius 1 is 1.15 bits per heavy atom. The van der Waals surface area contributed by atoms with Gasteiger partial charge in [0.05, 0.1) is 20.3 Å². The highest BCUT2D eigenvalue weighted by atomic mass is 16.5. The maximum Gasteiger partial charge on any atom is 0.161 e. The molecule has 0 aliphatic rings. The van der Waals surface area contributed by atoms with Gasteiger partial charge in [0, 0.05) is 12.4 Å². The van der Waals surface area contributed by atoms with Crippen LogP contribution >= 0.6 is 0 Å². The quantitative estimate of drug-likeness (QED) is 0.909. The molecule has 1 aromatic carbocycles. The summed E-state index contributed by atoms with van der Waals surface area (Å²) in [4.78, 5) is 4.19. The number of methoxy groups -OCH3 is 2. The van der Waals surface area contributed by atoms with E-state index in [9.17, 15) is 0 Å². The van der Waals surface area contributed by atoms with Gasteiger partial charge in [0.1, 0.15) is 0 Å². The molecule has 2 rings (SSSR count). The van der Waals surface area contributed by atoms with Gasteiger partial charge in [-0.2, -0.15) is 0 Å². The number of hydrogen-bond donors (Lipinski definition) is 1. The van der Waals surface area contributed by atoms with E-state index < -0.39 is 0 Å². The molecule has 0 fully saturated rings. The summed E-state index contributed by atoms with van der Waals surface area (Å²) in [5.74, 6) is 1.48. The molecule has 1 aromatic heterocycles. The zero-order valence-corrected chi connectivity index (χ0v) is 12.3. The highest BCUT2D eigenvalue weighted by molar-refractivity contribution is 5.49. The van der Waals surface area contributed by atoms with E-state index in [-0.39, 0.29) is 6.04 Å². The predicted octanol–water partition coefficient (Wildman–Crippen LogP) is 2.72. The molecule has 0 bridgehead atoms. The minimum Gasteiger partial charge on any atom is -0.493 e. The van der Waals surface area contributed by atoms with Gasteiger partial charge in [0.25, 0.3) is 0 Å². The van der Waals surface area contributed by atoms with Gasteiger partial charge in [-0.05, 0) is 48.9 Å². The lowest BCUT2D eigenvalue weighted by molar-refractivity contribution is 0.354. The number of aromatic nitrogens is 1. The molecule has 1 atom stereocenters. The van der Waals surface area contributed by atoms with Crippen LogP contribution in [-0.2, 0) is 0 Å². The number of aryl methyl sites for hydroxylation is 1. The summed E-state index contributed by atoms with van der Waals surface area (Å²) >= 11 is 0. The Balaban J connectivity index is 2.50. The average Bonchev–Trinajstić information content (AvgIpc) is 2.50. The second-order valence-corrected chi connectivity index (χ2v) is 4.57. The number of rotatable bonds is 5. The van der Waals surface area contributed by atoms with Crippen molar-refractivity contribution in [2.24, 2.45) is 0 Å². The summed E-state index contributed by atoms with van der Waals surface area (Å²) in [6.45, 7) is 2.07. The monoisotopic (exact) mass is 272 g/mol. The van der Waals surface area contributed by atoms with Crippen molar-refractivity contribution in [2.45, 2.75) is 13.0 Å². The molecule has 0 radical (unpaired) electrons. The Hall–Kier alpha value is -2.07. The summed E-state index contributed by atoms with van der Waals surface area (Å²) in [5.41, 5.74) is 3.41. The molecular weight excluding hydrogens is 252 g/mol. The predicted molar refractivity (Wildman–Crippen MR) is 79.4 cm³/mol. The Labute approximate surface area is 119 Å². The smallest absolute Gasteiger partial charge is 0.161 e. The molecule has 0 saturated heterocycles. The molecule has 4 heteroatoms. The Morgan fingerprint density at radius 2 is 1.85 bits per heavy atom. The normalized spacial score (nSPS) is 12.0. The fourth-order valence-corrected chi connectivity index (χ4v) is 2.36. The van der Waals surface area contributed by atoms with E-state index in [1.165, 1.54) is 0 Å². The van der Waals surface area contributed by atoms with Crippen molar-refractivity contribution < 1.29 is 9.47 Å². The van der Waals surface area contributed by atoms with Crippen molar-refractivity contribution in [1.29, 1.82) is 0 Å². The highest BCUT2D eigenvalue weighted by Crippen LogP contribution is 2.34. The van der Waals surface area contributed by atoms with Crippen molar-refractivity contribution >= 4 is 0 Å². The van der Waals surface area contributed by atoms with Gasteiger partial charge in [0.2, 0.25) is 0 Å². The molecule has 4 nitrogen and oxygen atoms in total. The molecule has 106 valence electrons. The number of nitrogens with one attached hydrogen (secondary N) is 1. The van der Waals surface area contributed by atoms with Gasteiger partial charge in [-0.1, -0.05) is 6.07 Å². The Morgan fingerprint density at radius 3 is 2.40 bits per heavy atom. The number of ether oxygens (including phenoxy) is 2. The summed E-state index contributed by atoms with van der Waals surface area (Å²) in [7, 11) is 5.23. The van der Waals surface area contributed by atoms with Crippen molar-refractivity contribution in [3.8, 4) is 11.5 Å². The maximum atomic E-state index is 5.39. The molecular formula is C16H20N2O2. The van der Waals surface area contributed by atoms with Crippen LogP contribution in [-0.4, -0.2) is 26.3 Å². The molecule has 0 spiro atoms. The van der Waals surface area contributed by atoms with E-state index in [0.29, 0.717) is 0 Å². The minimum atomic E-state index is 0.0727. The Kier molecular flexibility index (Phi) is 4.58. The van der Waals surface area contributed by atoms with E-state index in [1.807, 2.05) is 31.4 Å². The van der Waals surface area contributed by atoms with Crippen molar-refractivity contribution in [3.05, 3.63) is 53.3 Å². The zero-order chi connectivity index (χ0) is 14.5. The topological polar surface area (TPSA) is 43.4 Å². The summed E-state index contributed by atoms with van der Waals surface area (Å²) in [6.07, 6.45) is 3.65. The number of hydrogen-bond acceptors (Lipinski definition) is 4. The molecule has 1 unspecified atom stereocenters. The third kappa shape index (κ3) is 2.75. The second kappa shape index (κ2) is 6.39. The second-order valence-electron chi connectivity index (χ2n) is 4.57. The number of pyridine rings is 1. The lowest BCUT2D eigenvalue weighted by Gasteiger charge is -2.21. The Bertz CT molecular complexity index is 570. The summed E-state index contributed by atoms with van der Waals surface area (Å²) in [6, 6.07) is 8.08. The third-order valence-corrected chi connectivity index (χ3v) is 3.39.